The lowest BCUT2D eigenvalue weighted by atomic mass is 9.72. The summed E-state index contributed by atoms with van der Waals surface area (Å²) < 4.78 is 0. The standard InChI is InChI=1S/C58H46N2/c1-57(2)49-25-14-13-24-47(49)48-37-33-42(38-51(48)57)46-36-32-41-20-11-12-23-45(41)56(46)60-52-27-16-15-26-50(52)58(3,4)55-53(28-17-29-54(55)60)59(43-21-9-6-10-22-43)44-34-30-40(31-35-44)39-18-7-5-8-19-39/h5-38H,1-4H3. The second-order valence-electron chi connectivity index (χ2n) is 17.3. The van der Waals surface area contributed by atoms with E-state index in [0.29, 0.717) is 0 Å². The number of nitrogens with zero attached hydrogens (tertiary/aromatic N) is 2. The highest BCUT2D eigenvalue weighted by Crippen LogP contribution is 2.59. The van der Waals surface area contributed by atoms with Gasteiger partial charge in [0, 0.05) is 38.7 Å². The van der Waals surface area contributed by atoms with Gasteiger partial charge in [-0.15, -0.1) is 0 Å². The van der Waals surface area contributed by atoms with Gasteiger partial charge in [0.25, 0.3) is 0 Å². The average molecular weight is 771 g/mol. The number of para-hydroxylation sites is 2. The molecule has 0 spiro atoms. The van der Waals surface area contributed by atoms with Gasteiger partial charge in [-0.2, -0.15) is 0 Å². The maximum atomic E-state index is 2.58. The minimum atomic E-state index is -0.343. The van der Waals surface area contributed by atoms with E-state index in [9.17, 15) is 0 Å². The summed E-state index contributed by atoms with van der Waals surface area (Å²) in [6, 6.07) is 76.1. The summed E-state index contributed by atoms with van der Waals surface area (Å²) in [4.78, 5) is 5.03. The number of hydrogen-bond acceptors (Lipinski definition) is 2. The molecule has 1 aliphatic carbocycles. The second-order valence-corrected chi connectivity index (χ2v) is 17.3. The Kier molecular flexibility index (Phi) is 8.22. The fourth-order valence-electron chi connectivity index (χ4n) is 10.3. The van der Waals surface area contributed by atoms with Gasteiger partial charge < -0.3 is 9.80 Å². The molecule has 2 heteroatoms. The van der Waals surface area contributed by atoms with Crippen molar-refractivity contribution < 1.29 is 0 Å². The third-order valence-corrected chi connectivity index (χ3v) is 13.2. The van der Waals surface area contributed by atoms with Gasteiger partial charge in [-0.1, -0.05) is 185 Å². The molecular formula is C58H46N2. The minimum Gasteiger partial charge on any atom is -0.310 e. The lowest BCUT2D eigenvalue weighted by Gasteiger charge is -2.45. The van der Waals surface area contributed by atoms with Gasteiger partial charge in [-0.25, -0.2) is 0 Å². The first-order chi connectivity index (χ1) is 29.3. The molecule has 0 unspecified atom stereocenters. The number of hydrogen-bond donors (Lipinski definition) is 0. The predicted molar refractivity (Wildman–Crippen MR) is 254 cm³/mol. The summed E-state index contributed by atoms with van der Waals surface area (Å²) in [5, 5.41) is 2.44. The SMILES string of the molecule is CC1(C)c2ccccc2-c2ccc(-c3ccc4ccccc4c3N3c4ccccc4C(C)(C)c4c(N(c5ccccc5)c5ccc(-c6ccccc6)cc5)cccc43)cc21. The third-order valence-electron chi connectivity index (χ3n) is 13.2. The molecule has 0 N–H and O–H groups in total. The van der Waals surface area contributed by atoms with Crippen LogP contribution in [0.15, 0.2) is 206 Å². The Hall–Kier alpha value is -7.16. The van der Waals surface area contributed by atoms with Crippen LogP contribution in [0, 0.1) is 0 Å². The maximum Gasteiger partial charge on any atom is 0.0618 e. The first-order valence-corrected chi connectivity index (χ1v) is 21.1. The molecule has 2 nitrogen and oxygen atoms in total. The van der Waals surface area contributed by atoms with E-state index in [1.807, 2.05) is 0 Å². The molecule has 9 aromatic rings. The van der Waals surface area contributed by atoms with Crippen LogP contribution in [-0.2, 0) is 10.8 Å². The highest BCUT2D eigenvalue weighted by molar-refractivity contribution is 6.08. The zero-order chi connectivity index (χ0) is 40.6. The Morgan fingerprint density at radius 2 is 0.967 bits per heavy atom. The summed E-state index contributed by atoms with van der Waals surface area (Å²) >= 11 is 0. The van der Waals surface area contributed by atoms with Crippen LogP contribution >= 0.6 is 0 Å². The molecule has 2 aliphatic rings. The fraction of sp³-hybridized carbons (Fsp3) is 0.103. The van der Waals surface area contributed by atoms with Crippen molar-refractivity contribution in [1.82, 2.24) is 0 Å². The normalized spacial score (nSPS) is 14.2. The number of anilines is 6. The third kappa shape index (κ3) is 5.48. The van der Waals surface area contributed by atoms with Crippen LogP contribution in [-0.4, -0.2) is 0 Å². The predicted octanol–water partition coefficient (Wildman–Crippen LogP) is 16.1. The number of fused-ring (bicyclic) bond motifs is 6. The van der Waals surface area contributed by atoms with Gasteiger partial charge in [-0.05, 0) is 98.4 Å². The maximum absolute atomic E-state index is 2.58. The molecule has 11 rings (SSSR count). The minimum absolute atomic E-state index is 0.109. The van der Waals surface area contributed by atoms with E-state index < -0.39 is 0 Å². The molecule has 0 bridgehead atoms. The summed E-state index contributed by atoms with van der Waals surface area (Å²) in [6.45, 7) is 9.54. The van der Waals surface area contributed by atoms with E-state index in [1.165, 1.54) is 83.5 Å². The molecule has 0 amide bonds. The lowest BCUT2D eigenvalue weighted by Crippen LogP contribution is -2.32. The quantitative estimate of drug-likeness (QED) is 0.166. The first-order valence-electron chi connectivity index (χ1n) is 21.1. The lowest BCUT2D eigenvalue weighted by molar-refractivity contribution is 0.632. The Morgan fingerprint density at radius 1 is 0.383 bits per heavy atom. The van der Waals surface area contributed by atoms with Gasteiger partial charge in [0.05, 0.1) is 22.7 Å². The molecule has 0 radical (unpaired) electrons. The van der Waals surface area contributed by atoms with Crippen LogP contribution in [0.4, 0.5) is 34.1 Å². The molecule has 0 saturated carbocycles. The van der Waals surface area contributed by atoms with Gasteiger partial charge in [-0.3, -0.25) is 0 Å². The Morgan fingerprint density at radius 3 is 1.77 bits per heavy atom. The average Bonchev–Trinajstić information content (AvgIpc) is 3.52. The zero-order valence-electron chi connectivity index (χ0n) is 34.5. The molecule has 60 heavy (non-hydrogen) atoms. The van der Waals surface area contributed by atoms with Crippen LogP contribution in [0.5, 0.6) is 0 Å². The van der Waals surface area contributed by atoms with Gasteiger partial charge in [0.1, 0.15) is 0 Å². The second kappa shape index (κ2) is 13.7. The summed E-state index contributed by atoms with van der Waals surface area (Å²) in [5.74, 6) is 0. The smallest absolute Gasteiger partial charge is 0.0618 e. The van der Waals surface area contributed by atoms with Crippen molar-refractivity contribution in [3.63, 3.8) is 0 Å². The molecule has 288 valence electrons. The van der Waals surface area contributed by atoms with Crippen molar-refractivity contribution in [2.75, 3.05) is 9.80 Å². The van der Waals surface area contributed by atoms with Crippen molar-refractivity contribution >= 4 is 44.9 Å². The summed E-state index contributed by atoms with van der Waals surface area (Å²) in [5.41, 5.74) is 19.4. The van der Waals surface area contributed by atoms with Crippen LogP contribution in [0.1, 0.15) is 49.9 Å². The molecule has 9 aromatic carbocycles. The van der Waals surface area contributed by atoms with Crippen LogP contribution < -0.4 is 9.80 Å². The van der Waals surface area contributed by atoms with Gasteiger partial charge >= 0.3 is 0 Å². The molecular weight excluding hydrogens is 725 g/mol. The molecule has 0 saturated heterocycles. The largest absolute Gasteiger partial charge is 0.310 e. The van der Waals surface area contributed by atoms with Gasteiger partial charge in [0.2, 0.25) is 0 Å². The van der Waals surface area contributed by atoms with E-state index in [2.05, 4.69) is 244 Å². The number of rotatable bonds is 6. The Bertz CT molecular complexity index is 3090. The van der Waals surface area contributed by atoms with E-state index in [-0.39, 0.29) is 10.8 Å². The highest BCUT2D eigenvalue weighted by Gasteiger charge is 2.41. The van der Waals surface area contributed by atoms with Crippen LogP contribution in [0.2, 0.25) is 0 Å². The van der Waals surface area contributed by atoms with Crippen molar-refractivity contribution in [3.8, 4) is 33.4 Å². The van der Waals surface area contributed by atoms with Crippen molar-refractivity contribution in [3.05, 3.63) is 229 Å². The fourth-order valence-corrected chi connectivity index (χ4v) is 10.3. The molecule has 1 heterocycles. The topological polar surface area (TPSA) is 6.48 Å². The van der Waals surface area contributed by atoms with Gasteiger partial charge in [0.15, 0.2) is 0 Å². The van der Waals surface area contributed by atoms with Crippen molar-refractivity contribution in [2.45, 2.75) is 38.5 Å². The van der Waals surface area contributed by atoms with Crippen molar-refractivity contribution in [1.29, 1.82) is 0 Å². The van der Waals surface area contributed by atoms with E-state index in [1.54, 1.807) is 0 Å². The van der Waals surface area contributed by atoms with Crippen LogP contribution in [0.25, 0.3) is 44.2 Å². The number of benzene rings is 9. The molecule has 0 atom stereocenters. The Balaban J connectivity index is 1.16. The first kappa shape index (κ1) is 36.0. The monoisotopic (exact) mass is 770 g/mol. The summed E-state index contributed by atoms with van der Waals surface area (Å²) in [7, 11) is 0. The summed E-state index contributed by atoms with van der Waals surface area (Å²) in [6.07, 6.45) is 0. The van der Waals surface area contributed by atoms with E-state index >= 15 is 0 Å². The molecule has 0 fully saturated rings. The molecule has 0 aromatic heterocycles. The van der Waals surface area contributed by atoms with Crippen molar-refractivity contribution in [2.24, 2.45) is 0 Å². The van der Waals surface area contributed by atoms with Crippen LogP contribution in [0.3, 0.4) is 0 Å². The van der Waals surface area contributed by atoms with E-state index in [0.717, 1.165) is 17.1 Å². The van der Waals surface area contributed by atoms with E-state index in [4.69, 9.17) is 0 Å². The molecule has 1 aliphatic heterocycles. The Labute approximate surface area is 353 Å². The highest BCUT2D eigenvalue weighted by atomic mass is 15.2. The zero-order valence-corrected chi connectivity index (χ0v) is 34.5.